The van der Waals surface area contributed by atoms with Crippen molar-refractivity contribution in [3.05, 3.63) is 76.8 Å². The number of fused-ring (bicyclic) bond motifs is 1. The molecule has 3 rings (SSSR count). The molecule has 0 aliphatic heterocycles. The number of esters is 1. The summed E-state index contributed by atoms with van der Waals surface area (Å²) in [7, 11) is -2.95. The molecule has 0 saturated heterocycles. The van der Waals surface area contributed by atoms with Gasteiger partial charge in [0.25, 0.3) is 5.69 Å². The molecular weight excluding hydrogens is 411 g/mol. The van der Waals surface area contributed by atoms with E-state index >= 15 is 0 Å². The van der Waals surface area contributed by atoms with Gasteiger partial charge in [0, 0.05) is 17.5 Å². The van der Waals surface area contributed by atoms with Gasteiger partial charge >= 0.3 is 13.7 Å². The third-order valence-electron chi connectivity index (χ3n) is 4.15. The second kappa shape index (κ2) is 8.94. The Bertz CT molecular complexity index is 1110. The number of nitro benzene ring substituents is 1. The molecule has 1 unspecified atom stereocenters. The Hall–Kier alpha value is -3.42. The molecule has 9 nitrogen and oxygen atoms in total. The molecule has 1 N–H and O–H groups in total. The molecule has 0 fully saturated rings. The van der Waals surface area contributed by atoms with Gasteiger partial charge in [-0.3, -0.25) is 14.9 Å². The van der Waals surface area contributed by atoms with Crippen LogP contribution in [0.2, 0.25) is 0 Å². The van der Waals surface area contributed by atoms with Crippen LogP contribution in [-0.4, -0.2) is 24.0 Å². The molecule has 0 heterocycles. The van der Waals surface area contributed by atoms with Crippen LogP contribution in [0.15, 0.2) is 66.7 Å². The van der Waals surface area contributed by atoms with Crippen molar-refractivity contribution in [1.82, 2.24) is 5.09 Å². The lowest BCUT2D eigenvalue weighted by Gasteiger charge is -2.23. The van der Waals surface area contributed by atoms with Gasteiger partial charge in [0.05, 0.1) is 12.0 Å². The predicted molar refractivity (Wildman–Crippen MR) is 111 cm³/mol. The van der Waals surface area contributed by atoms with Crippen molar-refractivity contribution in [2.24, 2.45) is 0 Å². The number of benzene rings is 3. The molecule has 0 spiro atoms. The monoisotopic (exact) mass is 430 g/mol. The third kappa shape index (κ3) is 4.94. The molecule has 156 valence electrons. The maximum atomic E-state index is 13.5. The Morgan fingerprint density at radius 3 is 2.37 bits per heavy atom. The van der Waals surface area contributed by atoms with Crippen LogP contribution in [0.1, 0.15) is 6.92 Å². The van der Waals surface area contributed by atoms with Gasteiger partial charge in [-0.25, -0.2) is 4.57 Å². The van der Waals surface area contributed by atoms with Crippen LogP contribution in [0.5, 0.6) is 11.5 Å². The van der Waals surface area contributed by atoms with E-state index in [-0.39, 0.29) is 17.2 Å². The van der Waals surface area contributed by atoms with Crippen LogP contribution in [0.4, 0.5) is 5.69 Å². The summed E-state index contributed by atoms with van der Waals surface area (Å²) in [5.74, 6) is -0.319. The van der Waals surface area contributed by atoms with Crippen LogP contribution in [0.3, 0.4) is 0 Å². The average Bonchev–Trinajstić information content (AvgIpc) is 2.73. The summed E-state index contributed by atoms with van der Waals surface area (Å²) in [6.45, 7) is 1.45. The summed E-state index contributed by atoms with van der Waals surface area (Å²) in [5.41, 5.74) is -0.150. The summed E-state index contributed by atoms with van der Waals surface area (Å²) in [5, 5.41) is 14.9. The fourth-order valence-electron chi connectivity index (χ4n) is 2.71. The molecule has 10 heteroatoms. The number of non-ortho nitro benzene ring substituents is 1. The van der Waals surface area contributed by atoms with Crippen LogP contribution in [0, 0.1) is 10.1 Å². The van der Waals surface area contributed by atoms with Gasteiger partial charge in [0.2, 0.25) is 0 Å². The number of nitrogens with one attached hydrogen (secondary N) is 1. The van der Waals surface area contributed by atoms with E-state index < -0.39 is 24.7 Å². The Balaban J connectivity index is 1.95. The molecule has 0 aromatic heterocycles. The van der Waals surface area contributed by atoms with Crippen molar-refractivity contribution in [1.29, 1.82) is 0 Å². The van der Waals surface area contributed by atoms with E-state index in [1.165, 1.54) is 38.3 Å². The smallest absolute Gasteiger partial charge is 0.468 e. The summed E-state index contributed by atoms with van der Waals surface area (Å²) in [6.07, 6.45) is 0. The number of ether oxygens (including phenoxy) is 1. The summed E-state index contributed by atoms with van der Waals surface area (Å²) >= 11 is 0. The summed E-state index contributed by atoms with van der Waals surface area (Å²) < 4.78 is 29.5. The number of nitro groups is 1. The number of rotatable bonds is 8. The van der Waals surface area contributed by atoms with E-state index in [9.17, 15) is 19.5 Å². The molecule has 2 atom stereocenters. The zero-order valence-corrected chi connectivity index (χ0v) is 17.1. The van der Waals surface area contributed by atoms with Crippen molar-refractivity contribution in [2.45, 2.75) is 13.0 Å². The van der Waals surface area contributed by atoms with E-state index in [0.29, 0.717) is 5.39 Å². The zero-order valence-electron chi connectivity index (χ0n) is 16.2. The fraction of sp³-hybridized carbons (Fsp3) is 0.150. The van der Waals surface area contributed by atoms with Gasteiger partial charge in [-0.15, -0.1) is 0 Å². The highest BCUT2D eigenvalue weighted by atomic mass is 31.2. The lowest BCUT2D eigenvalue weighted by Crippen LogP contribution is -2.35. The summed E-state index contributed by atoms with van der Waals surface area (Å²) in [6, 6.07) is 16.6. The largest absolute Gasteiger partial charge is 0.513 e. The van der Waals surface area contributed by atoms with E-state index in [0.717, 1.165) is 5.39 Å². The second-order valence-corrected chi connectivity index (χ2v) is 7.90. The minimum absolute atomic E-state index is 0.0636. The van der Waals surface area contributed by atoms with Gasteiger partial charge in [0.15, 0.2) is 0 Å². The van der Waals surface area contributed by atoms with E-state index in [1.807, 2.05) is 24.3 Å². The van der Waals surface area contributed by atoms with Gasteiger partial charge in [-0.05, 0) is 30.5 Å². The van der Waals surface area contributed by atoms with Gasteiger partial charge in [-0.2, -0.15) is 5.09 Å². The predicted octanol–water partition coefficient (Wildman–Crippen LogP) is 4.47. The molecule has 0 aliphatic rings. The SMILES string of the molecule is COC(=O)[C@H](C)NP(=O)(Oc1ccc([N+](=O)[O-])cc1)Oc1cccc2ccccc12. The fourth-order valence-corrected chi connectivity index (χ4v) is 4.25. The highest BCUT2D eigenvalue weighted by Crippen LogP contribution is 2.47. The maximum absolute atomic E-state index is 13.5. The molecule has 0 aliphatic carbocycles. The Morgan fingerprint density at radius 2 is 1.70 bits per heavy atom. The first-order valence-corrected chi connectivity index (χ1v) is 10.4. The molecule has 0 amide bonds. The minimum atomic E-state index is -4.15. The number of hydrogen-bond donors (Lipinski definition) is 1. The normalized spacial score (nSPS) is 13.8. The highest BCUT2D eigenvalue weighted by molar-refractivity contribution is 7.52. The van der Waals surface area contributed by atoms with Gasteiger partial charge in [0.1, 0.15) is 17.5 Å². The standard InChI is InChI=1S/C20H19N2O7P/c1-14(20(23)27-2)21-30(26,28-17-12-10-16(11-13-17)22(24)25)29-19-9-5-7-15-6-3-4-8-18(15)19/h3-14H,1-2H3,(H,21,26)/t14-,30?/m0/s1. The first-order chi connectivity index (χ1) is 14.3. The number of carbonyl (C=O) groups excluding carboxylic acids is 1. The molecule has 0 bridgehead atoms. The van der Waals surface area contributed by atoms with E-state index in [1.54, 1.807) is 18.2 Å². The highest BCUT2D eigenvalue weighted by Gasteiger charge is 2.34. The molecule has 30 heavy (non-hydrogen) atoms. The quantitative estimate of drug-likeness (QED) is 0.241. The van der Waals surface area contributed by atoms with Crippen molar-refractivity contribution in [3.63, 3.8) is 0 Å². The first-order valence-electron chi connectivity index (χ1n) is 8.88. The first kappa shape index (κ1) is 21.3. The molecule has 0 radical (unpaired) electrons. The number of carbonyl (C=O) groups is 1. The molecule has 3 aromatic rings. The van der Waals surface area contributed by atoms with Crippen LogP contribution >= 0.6 is 7.75 Å². The van der Waals surface area contributed by atoms with Crippen LogP contribution in [0.25, 0.3) is 10.8 Å². The zero-order chi connectivity index (χ0) is 21.7. The van der Waals surface area contributed by atoms with Crippen molar-refractivity contribution in [3.8, 4) is 11.5 Å². The lowest BCUT2D eigenvalue weighted by atomic mass is 10.1. The number of nitrogens with zero attached hydrogens (tertiary/aromatic N) is 1. The van der Waals surface area contributed by atoms with Crippen LogP contribution < -0.4 is 14.1 Å². The molecule has 0 saturated carbocycles. The second-order valence-electron chi connectivity index (χ2n) is 6.28. The van der Waals surface area contributed by atoms with Gasteiger partial charge in [-0.1, -0.05) is 36.4 Å². The van der Waals surface area contributed by atoms with Crippen molar-refractivity contribution in [2.75, 3.05) is 7.11 Å². The van der Waals surface area contributed by atoms with E-state index in [2.05, 4.69) is 9.82 Å². The number of methoxy groups -OCH3 is 1. The van der Waals surface area contributed by atoms with E-state index in [4.69, 9.17) is 9.05 Å². The van der Waals surface area contributed by atoms with Gasteiger partial charge < -0.3 is 13.8 Å². The number of hydrogen-bond acceptors (Lipinski definition) is 7. The Kier molecular flexibility index (Phi) is 6.34. The Labute approximate surface area is 172 Å². The summed E-state index contributed by atoms with van der Waals surface area (Å²) in [4.78, 5) is 22.1. The van der Waals surface area contributed by atoms with Crippen molar-refractivity contribution < 1.29 is 28.1 Å². The Morgan fingerprint density at radius 1 is 1.03 bits per heavy atom. The topological polar surface area (TPSA) is 117 Å². The third-order valence-corrected chi connectivity index (χ3v) is 5.74. The van der Waals surface area contributed by atoms with Crippen molar-refractivity contribution >= 4 is 30.2 Å². The molecular formula is C20H19N2O7P. The lowest BCUT2D eigenvalue weighted by molar-refractivity contribution is -0.384. The minimum Gasteiger partial charge on any atom is -0.468 e. The molecule has 3 aromatic carbocycles. The average molecular weight is 430 g/mol. The maximum Gasteiger partial charge on any atom is 0.513 e. The van der Waals surface area contributed by atoms with Crippen LogP contribution in [-0.2, 0) is 14.1 Å².